The summed E-state index contributed by atoms with van der Waals surface area (Å²) in [6, 6.07) is 9.84. The molecule has 1 amide bonds. The first-order chi connectivity index (χ1) is 11.9. The third-order valence-electron chi connectivity index (χ3n) is 3.71. The molecule has 7 heteroatoms. The molecule has 0 saturated heterocycles. The van der Waals surface area contributed by atoms with Gasteiger partial charge in [-0.2, -0.15) is 0 Å². The van der Waals surface area contributed by atoms with Crippen molar-refractivity contribution >= 4 is 23.0 Å². The van der Waals surface area contributed by atoms with E-state index in [2.05, 4.69) is 10.6 Å². The third kappa shape index (κ3) is 4.77. The molecule has 0 aliphatic heterocycles. The highest BCUT2D eigenvalue weighted by molar-refractivity contribution is 6.08. The maximum absolute atomic E-state index is 12.7. The summed E-state index contributed by atoms with van der Waals surface area (Å²) in [5.74, 6) is -0.407. The molecular weight excluding hydrogens is 322 g/mol. The molecule has 7 nitrogen and oxygen atoms in total. The van der Waals surface area contributed by atoms with Gasteiger partial charge in [-0.3, -0.25) is 14.9 Å². The Bertz CT molecular complexity index is 790. The molecule has 0 radical (unpaired) electrons. The van der Waals surface area contributed by atoms with E-state index in [-0.39, 0.29) is 11.3 Å². The molecule has 0 heterocycles. The van der Waals surface area contributed by atoms with Crippen LogP contribution >= 0.6 is 0 Å². The number of methoxy groups -OCH3 is 1. The summed E-state index contributed by atoms with van der Waals surface area (Å²) in [5, 5.41) is 16.9. The molecule has 2 N–H and O–H groups in total. The molecule has 132 valence electrons. The molecule has 0 bridgehead atoms. The minimum absolute atomic E-state index is 0.136. The zero-order chi connectivity index (χ0) is 18.4. The largest absolute Gasteiger partial charge is 0.383 e. The first-order valence-corrected chi connectivity index (χ1v) is 7.82. The van der Waals surface area contributed by atoms with Crippen LogP contribution < -0.4 is 10.6 Å². The number of rotatable bonds is 7. The second-order valence-electron chi connectivity index (χ2n) is 5.68. The van der Waals surface area contributed by atoms with E-state index >= 15 is 0 Å². The lowest BCUT2D eigenvalue weighted by Crippen LogP contribution is -2.17. The minimum Gasteiger partial charge on any atom is -0.383 e. The van der Waals surface area contributed by atoms with E-state index in [1.165, 1.54) is 18.2 Å². The van der Waals surface area contributed by atoms with E-state index < -0.39 is 10.8 Å². The predicted molar refractivity (Wildman–Crippen MR) is 97.3 cm³/mol. The second kappa shape index (κ2) is 8.25. The van der Waals surface area contributed by atoms with Gasteiger partial charge in [-0.05, 0) is 31.5 Å². The van der Waals surface area contributed by atoms with Gasteiger partial charge in [-0.25, -0.2) is 0 Å². The van der Waals surface area contributed by atoms with Gasteiger partial charge >= 0.3 is 0 Å². The Morgan fingerprint density at radius 2 is 1.88 bits per heavy atom. The Morgan fingerprint density at radius 3 is 2.52 bits per heavy atom. The number of nitrogens with zero attached hydrogens (tertiary/aromatic N) is 1. The highest BCUT2D eigenvalue weighted by Gasteiger charge is 2.17. The molecule has 0 aliphatic carbocycles. The average Bonchev–Trinajstić information content (AvgIpc) is 2.57. The number of carbonyl (C=O) groups is 1. The Balaban J connectivity index is 2.31. The minimum atomic E-state index is -0.521. The fourth-order valence-corrected chi connectivity index (χ4v) is 2.42. The highest BCUT2D eigenvalue weighted by atomic mass is 16.6. The van der Waals surface area contributed by atoms with Crippen molar-refractivity contribution in [3.8, 4) is 0 Å². The maximum Gasteiger partial charge on any atom is 0.270 e. The number of nitrogens with one attached hydrogen (secondary N) is 2. The van der Waals surface area contributed by atoms with E-state index in [4.69, 9.17) is 4.74 Å². The van der Waals surface area contributed by atoms with Gasteiger partial charge in [-0.1, -0.05) is 17.7 Å². The molecule has 0 fully saturated rings. The summed E-state index contributed by atoms with van der Waals surface area (Å²) in [4.78, 5) is 23.2. The summed E-state index contributed by atoms with van der Waals surface area (Å²) >= 11 is 0. The van der Waals surface area contributed by atoms with Gasteiger partial charge in [0.25, 0.3) is 11.6 Å². The van der Waals surface area contributed by atoms with Gasteiger partial charge in [0.15, 0.2) is 0 Å². The van der Waals surface area contributed by atoms with Crippen LogP contribution in [0.15, 0.2) is 36.4 Å². The molecule has 25 heavy (non-hydrogen) atoms. The number of anilines is 2. The van der Waals surface area contributed by atoms with Gasteiger partial charge in [-0.15, -0.1) is 0 Å². The molecule has 0 aliphatic rings. The molecule has 0 unspecified atom stereocenters. The number of hydrogen-bond acceptors (Lipinski definition) is 5. The van der Waals surface area contributed by atoms with Crippen LogP contribution in [-0.4, -0.2) is 31.1 Å². The standard InChI is InChI=1S/C18H21N3O4/c1-12-4-6-16(13(2)10-12)20-18(22)15-11-14(21(23)24)5-7-17(15)19-8-9-25-3/h4-7,10-11,19H,8-9H2,1-3H3,(H,20,22). The molecule has 0 aromatic heterocycles. The molecule has 2 rings (SSSR count). The first-order valence-electron chi connectivity index (χ1n) is 7.82. The molecule has 2 aromatic carbocycles. The number of aryl methyl sites for hydroxylation is 2. The van der Waals surface area contributed by atoms with Crippen molar-refractivity contribution in [2.45, 2.75) is 13.8 Å². The number of carbonyl (C=O) groups excluding carboxylic acids is 1. The van der Waals surface area contributed by atoms with Crippen LogP contribution in [0.4, 0.5) is 17.1 Å². The van der Waals surface area contributed by atoms with E-state index in [0.29, 0.717) is 24.5 Å². The van der Waals surface area contributed by atoms with E-state index in [1.807, 2.05) is 32.0 Å². The summed E-state index contributed by atoms with van der Waals surface area (Å²) in [5.41, 5.74) is 3.28. The van der Waals surface area contributed by atoms with Crippen molar-refractivity contribution in [3.05, 3.63) is 63.2 Å². The number of ether oxygens (including phenoxy) is 1. The van der Waals surface area contributed by atoms with Gasteiger partial charge in [0.1, 0.15) is 0 Å². The summed E-state index contributed by atoms with van der Waals surface area (Å²) in [6.07, 6.45) is 0. The van der Waals surface area contributed by atoms with Gasteiger partial charge in [0, 0.05) is 37.2 Å². The van der Waals surface area contributed by atoms with Crippen molar-refractivity contribution in [2.24, 2.45) is 0 Å². The monoisotopic (exact) mass is 343 g/mol. The summed E-state index contributed by atoms with van der Waals surface area (Å²) < 4.78 is 4.98. The molecular formula is C18H21N3O4. The lowest BCUT2D eigenvalue weighted by molar-refractivity contribution is -0.384. The number of amides is 1. The van der Waals surface area contributed by atoms with Crippen molar-refractivity contribution in [2.75, 3.05) is 30.9 Å². The fraction of sp³-hybridized carbons (Fsp3) is 0.278. The van der Waals surface area contributed by atoms with Crippen molar-refractivity contribution < 1.29 is 14.5 Å². The summed E-state index contributed by atoms with van der Waals surface area (Å²) in [6.45, 7) is 4.80. The van der Waals surface area contributed by atoms with Gasteiger partial charge in [0.2, 0.25) is 0 Å². The fourth-order valence-electron chi connectivity index (χ4n) is 2.42. The number of nitro groups is 1. The summed E-state index contributed by atoms with van der Waals surface area (Å²) in [7, 11) is 1.57. The smallest absolute Gasteiger partial charge is 0.270 e. The van der Waals surface area contributed by atoms with Gasteiger partial charge < -0.3 is 15.4 Å². The third-order valence-corrected chi connectivity index (χ3v) is 3.71. The Hall–Kier alpha value is -2.93. The second-order valence-corrected chi connectivity index (χ2v) is 5.68. The Labute approximate surface area is 146 Å². The average molecular weight is 343 g/mol. The molecule has 0 atom stereocenters. The van der Waals surface area contributed by atoms with Crippen LogP contribution in [0.5, 0.6) is 0 Å². The highest BCUT2D eigenvalue weighted by Crippen LogP contribution is 2.24. The van der Waals surface area contributed by atoms with Crippen LogP contribution in [0.3, 0.4) is 0 Å². The van der Waals surface area contributed by atoms with E-state index in [0.717, 1.165) is 11.1 Å². The normalized spacial score (nSPS) is 10.4. The quantitative estimate of drug-likeness (QED) is 0.456. The van der Waals surface area contributed by atoms with E-state index in [9.17, 15) is 14.9 Å². The number of nitro benzene ring substituents is 1. The lowest BCUT2D eigenvalue weighted by Gasteiger charge is -2.13. The van der Waals surface area contributed by atoms with Crippen LogP contribution in [0.1, 0.15) is 21.5 Å². The Kier molecular flexibility index (Phi) is 6.08. The predicted octanol–water partition coefficient (Wildman–Crippen LogP) is 3.52. The van der Waals surface area contributed by atoms with Crippen LogP contribution in [0.2, 0.25) is 0 Å². The van der Waals surface area contributed by atoms with Crippen molar-refractivity contribution in [1.29, 1.82) is 0 Å². The molecule has 0 spiro atoms. The van der Waals surface area contributed by atoms with Crippen LogP contribution in [0, 0.1) is 24.0 Å². The first kappa shape index (κ1) is 18.4. The SMILES string of the molecule is COCCNc1ccc([N+](=O)[O-])cc1C(=O)Nc1ccc(C)cc1C. The van der Waals surface area contributed by atoms with Crippen LogP contribution in [-0.2, 0) is 4.74 Å². The molecule has 0 saturated carbocycles. The number of benzene rings is 2. The van der Waals surface area contributed by atoms with Gasteiger partial charge in [0.05, 0.1) is 17.1 Å². The zero-order valence-corrected chi connectivity index (χ0v) is 14.5. The van der Waals surface area contributed by atoms with Crippen LogP contribution in [0.25, 0.3) is 0 Å². The topological polar surface area (TPSA) is 93.5 Å². The van der Waals surface area contributed by atoms with Crippen molar-refractivity contribution in [1.82, 2.24) is 0 Å². The lowest BCUT2D eigenvalue weighted by atomic mass is 10.1. The van der Waals surface area contributed by atoms with Crippen molar-refractivity contribution in [3.63, 3.8) is 0 Å². The zero-order valence-electron chi connectivity index (χ0n) is 14.5. The maximum atomic E-state index is 12.7. The Morgan fingerprint density at radius 1 is 1.16 bits per heavy atom. The number of hydrogen-bond donors (Lipinski definition) is 2. The van der Waals surface area contributed by atoms with E-state index in [1.54, 1.807) is 7.11 Å². The molecule has 2 aromatic rings. The number of non-ortho nitro benzene ring substituents is 1.